The van der Waals surface area contributed by atoms with Gasteiger partial charge in [0.15, 0.2) is 24.0 Å². The van der Waals surface area contributed by atoms with Gasteiger partial charge in [-0.1, -0.05) is 18.6 Å². The number of halogens is 1. The number of nitrogens with two attached hydrogens (primary N) is 1. The third-order valence-electron chi connectivity index (χ3n) is 4.96. The lowest BCUT2D eigenvalue weighted by atomic mass is 10.1. The zero-order valence-electron chi connectivity index (χ0n) is 16.2. The predicted octanol–water partition coefficient (Wildman–Crippen LogP) is 3.74. The highest BCUT2D eigenvalue weighted by Gasteiger charge is 2.25. The molecule has 0 saturated heterocycles. The van der Waals surface area contributed by atoms with Crippen LogP contribution in [0.15, 0.2) is 36.5 Å². The van der Waals surface area contributed by atoms with Crippen molar-refractivity contribution in [2.24, 2.45) is 5.73 Å². The minimum atomic E-state index is -0.534. The van der Waals surface area contributed by atoms with Crippen molar-refractivity contribution in [1.82, 2.24) is 9.78 Å². The van der Waals surface area contributed by atoms with Crippen LogP contribution in [0.4, 0.5) is 9.39 Å². The van der Waals surface area contributed by atoms with E-state index in [9.17, 15) is 14.0 Å². The Morgan fingerprint density at radius 2 is 2.00 bits per heavy atom. The Balaban J connectivity index is 1.47. The second-order valence-electron chi connectivity index (χ2n) is 7.03. The molecular formula is C21H21FN4O3S. The molecule has 0 aliphatic heterocycles. The molecule has 0 fully saturated rings. The van der Waals surface area contributed by atoms with E-state index in [0.717, 1.165) is 42.5 Å². The lowest BCUT2D eigenvalue weighted by Gasteiger charge is -2.07. The molecule has 1 aliphatic rings. The summed E-state index contributed by atoms with van der Waals surface area (Å²) in [6, 6.07) is 7.58. The number of para-hydroxylation sites is 1. The first-order chi connectivity index (χ1) is 14.5. The summed E-state index contributed by atoms with van der Waals surface area (Å²) in [5.74, 6) is -1.35. The number of rotatable bonds is 6. The van der Waals surface area contributed by atoms with Crippen LogP contribution in [-0.2, 0) is 19.6 Å². The maximum atomic E-state index is 13.6. The van der Waals surface area contributed by atoms with Gasteiger partial charge in [0, 0.05) is 11.1 Å². The number of thiophene rings is 1. The molecule has 0 radical (unpaired) electrons. The zero-order valence-corrected chi connectivity index (χ0v) is 17.0. The number of aromatic nitrogens is 2. The van der Waals surface area contributed by atoms with Crippen LogP contribution in [0.1, 0.15) is 50.5 Å². The van der Waals surface area contributed by atoms with Crippen LogP contribution >= 0.6 is 11.3 Å². The van der Waals surface area contributed by atoms with Crippen LogP contribution in [0.5, 0.6) is 5.75 Å². The molecule has 2 amide bonds. The van der Waals surface area contributed by atoms with Gasteiger partial charge in [-0.25, -0.2) is 9.07 Å². The molecular weight excluding hydrogens is 407 g/mol. The van der Waals surface area contributed by atoms with Crippen LogP contribution in [0, 0.1) is 5.82 Å². The molecule has 0 unspecified atom stereocenters. The summed E-state index contributed by atoms with van der Waals surface area (Å²) in [5.41, 5.74) is 7.14. The van der Waals surface area contributed by atoms with Crippen molar-refractivity contribution >= 4 is 28.2 Å². The molecule has 2 aromatic heterocycles. The van der Waals surface area contributed by atoms with E-state index in [-0.39, 0.29) is 18.2 Å². The molecule has 2 heterocycles. The van der Waals surface area contributed by atoms with E-state index in [1.165, 1.54) is 34.2 Å². The van der Waals surface area contributed by atoms with E-state index in [1.807, 2.05) is 0 Å². The molecule has 9 heteroatoms. The van der Waals surface area contributed by atoms with E-state index in [1.54, 1.807) is 18.3 Å². The topological polar surface area (TPSA) is 99.2 Å². The Labute approximate surface area is 176 Å². The number of carbonyl (C=O) groups is 2. The molecule has 3 N–H and O–H groups in total. The number of primary amides is 1. The van der Waals surface area contributed by atoms with Crippen molar-refractivity contribution in [3.8, 4) is 5.75 Å². The quantitative estimate of drug-likeness (QED) is 0.584. The van der Waals surface area contributed by atoms with Gasteiger partial charge in [0.2, 0.25) is 0 Å². The number of nitrogens with one attached hydrogen (secondary N) is 1. The Morgan fingerprint density at radius 1 is 1.20 bits per heavy atom. The first kappa shape index (κ1) is 20.1. The second kappa shape index (κ2) is 8.66. The summed E-state index contributed by atoms with van der Waals surface area (Å²) in [5, 5.41) is 7.42. The number of ether oxygens (including phenoxy) is 1. The fraction of sp³-hybridized carbons (Fsp3) is 0.286. The molecule has 30 heavy (non-hydrogen) atoms. The molecule has 1 aliphatic carbocycles. The van der Waals surface area contributed by atoms with Crippen LogP contribution < -0.4 is 15.8 Å². The van der Waals surface area contributed by atoms with Gasteiger partial charge in [0.1, 0.15) is 5.00 Å². The van der Waals surface area contributed by atoms with Crippen molar-refractivity contribution in [1.29, 1.82) is 0 Å². The molecule has 3 aromatic rings. The minimum Gasteiger partial charge on any atom is -0.468 e. The maximum absolute atomic E-state index is 13.6. The second-order valence-corrected chi connectivity index (χ2v) is 8.14. The Bertz CT molecular complexity index is 1090. The number of benzene rings is 1. The van der Waals surface area contributed by atoms with E-state index in [4.69, 9.17) is 10.5 Å². The Kier molecular flexibility index (Phi) is 5.80. The molecule has 4 rings (SSSR count). The third-order valence-corrected chi connectivity index (χ3v) is 6.16. The number of hydrogen-bond donors (Lipinski definition) is 2. The number of aryl methyl sites for hydroxylation is 1. The van der Waals surface area contributed by atoms with Gasteiger partial charge in [0.05, 0.1) is 5.56 Å². The fourth-order valence-corrected chi connectivity index (χ4v) is 4.80. The summed E-state index contributed by atoms with van der Waals surface area (Å²) in [6.45, 7) is -0.0476. The maximum Gasteiger partial charge on any atom is 0.276 e. The standard InChI is InChI=1S/C21H21FN4O3S/c22-14-7-4-5-8-16(14)29-12-26-11-10-15(25-26)20(28)24-21-18(19(23)27)13-6-2-1-3-9-17(13)30-21/h4-5,7-8,10-11H,1-3,6,9,12H2,(H2,23,27)(H,24,28). The number of amides is 2. The number of carbonyl (C=O) groups excluding carboxylic acids is 2. The van der Waals surface area contributed by atoms with Crippen LogP contribution in [0.2, 0.25) is 0 Å². The van der Waals surface area contributed by atoms with Crippen molar-refractivity contribution in [2.75, 3.05) is 5.32 Å². The van der Waals surface area contributed by atoms with Gasteiger partial charge in [-0.15, -0.1) is 11.3 Å². The van der Waals surface area contributed by atoms with Crippen molar-refractivity contribution in [2.45, 2.75) is 38.8 Å². The molecule has 0 bridgehead atoms. The number of nitrogens with zero attached hydrogens (tertiary/aromatic N) is 2. The monoisotopic (exact) mass is 428 g/mol. The van der Waals surface area contributed by atoms with E-state index >= 15 is 0 Å². The van der Waals surface area contributed by atoms with Gasteiger partial charge in [-0.05, 0) is 49.4 Å². The lowest BCUT2D eigenvalue weighted by Crippen LogP contribution is -2.18. The molecule has 1 aromatic carbocycles. The Hall–Kier alpha value is -3.20. The summed E-state index contributed by atoms with van der Waals surface area (Å²) in [7, 11) is 0. The van der Waals surface area contributed by atoms with Crippen LogP contribution in [0.3, 0.4) is 0 Å². The fourth-order valence-electron chi connectivity index (χ4n) is 3.51. The van der Waals surface area contributed by atoms with Gasteiger partial charge in [-0.3, -0.25) is 9.59 Å². The normalized spacial score (nSPS) is 13.4. The van der Waals surface area contributed by atoms with Gasteiger partial charge < -0.3 is 15.8 Å². The molecule has 0 atom stereocenters. The minimum absolute atomic E-state index is 0.0476. The zero-order chi connectivity index (χ0) is 21.1. The first-order valence-electron chi connectivity index (χ1n) is 9.69. The molecule has 7 nitrogen and oxygen atoms in total. The van der Waals surface area contributed by atoms with Crippen molar-refractivity contribution in [3.05, 3.63) is 64.0 Å². The Morgan fingerprint density at radius 3 is 2.80 bits per heavy atom. The predicted molar refractivity (Wildman–Crippen MR) is 111 cm³/mol. The summed E-state index contributed by atoms with van der Waals surface area (Å²) < 4.78 is 20.4. The van der Waals surface area contributed by atoms with Crippen LogP contribution in [0.25, 0.3) is 0 Å². The average Bonchev–Trinajstić information content (AvgIpc) is 3.26. The van der Waals surface area contributed by atoms with E-state index in [0.29, 0.717) is 10.6 Å². The SMILES string of the molecule is NC(=O)c1c(NC(=O)c2ccn(COc3ccccc3F)n2)sc2c1CCCCC2. The first-order valence-corrected chi connectivity index (χ1v) is 10.5. The van der Waals surface area contributed by atoms with Gasteiger partial charge in [0.25, 0.3) is 11.8 Å². The molecule has 0 spiro atoms. The number of anilines is 1. The largest absolute Gasteiger partial charge is 0.468 e. The van der Waals surface area contributed by atoms with Crippen LogP contribution in [-0.4, -0.2) is 21.6 Å². The van der Waals surface area contributed by atoms with E-state index in [2.05, 4.69) is 10.4 Å². The average molecular weight is 428 g/mol. The van der Waals surface area contributed by atoms with Gasteiger partial charge in [-0.2, -0.15) is 5.10 Å². The number of hydrogen-bond acceptors (Lipinski definition) is 5. The highest BCUT2D eigenvalue weighted by molar-refractivity contribution is 7.17. The summed E-state index contributed by atoms with van der Waals surface area (Å²) in [4.78, 5) is 25.8. The third kappa shape index (κ3) is 4.20. The lowest BCUT2D eigenvalue weighted by molar-refractivity contribution is 0.100. The van der Waals surface area contributed by atoms with E-state index < -0.39 is 17.6 Å². The molecule has 0 saturated carbocycles. The summed E-state index contributed by atoms with van der Waals surface area (Å²) in [6.07, 6.45) is 6.43. The highest BCUT2D eigenvalue weighted by Crippen LogP contribution is 2.37. The highest BCUT2D eigenvalue weighted by atomic mass is 32.1. The van der Waals surface area contributed by atoms with Gasteiger partial charge >= 0.3 is 0 Å². The van der Waals surface area contributed by atoms with Crippen molar-refractivity contribution < 1.29 is 18.7 Å². The smallest absolute Gasteiger partial charge is 0.276 e. The molecule has 156 valence electrons. The number of fused-ring (bicyclic) bond motifs is 1. The van der Waals surface area contributed by atoms with Crippen molar-refractivity contribution in [3.63, 3.8) is 0 Å². The summed E-state index contributed by atoms with van der Waals surface area (Å²) >= 11 is 1.41.